The third-order valence-corrected chi connectivity index (χ3v) is 4.19. The lowest BCUT2D eigenvalue weighted by atomic mass is 9.93. The molecule has 1 aromatic rings. The summed E-state index contributed by atoms with van der Waals surface area (Å²) >= 11 is 0. The third kappa shape index (κ3) is 7.14. The van der Waals surface area contributed by atoms with Crippen LogP contribution in [-0.2, 0) is 4.79 Å². The van der Waals surface area contributed by atoms with Crippen LogP contribution in [0.25, 0.3) is 0 Å². The van der Waals surface area contributed by atoms with E-state index in [2.05, 4.69) is 41.8 Å². The van der Waals surface area contributed by atoms with E-state index in [1.165, 1.54) is 11.1 Å². The van der Waals surface area contributed by atoms with Gasteiger partial charge in [-0.05, 0) is 52.2 Å². The topological polar surface area (TPSA) is 26.8 Å². The Labute approximate surface area is 142 Å². The number of hydrogen-bond donors (Lipinski definition) is 0. The van der Waals surface area contributed by atoms with Gasteiger partial charge in [0, 0.05) is 32.6 Å². The first-order chi connectivity index (χ1) is 10.8. The number of likely N-dealkylation sites (N-methyl/N-ethyl adjacent to an activating group) is 2. The van der Waals surface area contributed by atoms with Gasteiger partial charge in [-0.25, -0.2) is 0 Å². The van der Waals surface area contributed by atoms with Gasteiger partial charge in [0.15, 0.2) is 0 Å². The van der Waals surface area contributed by atoms with Gasteiger partial charge in [0.25, 0.3) is 0 Å². The lowest BCUT2D eigenvalue weighted by Gasteiger charge is -2.27. The van der Waals surface area contributed by atoms with Crippen molar-refractivity contribution >= 4 is 5.91 Å². The van der Waals surface area contributed by atoms with Crippen molar-refractivity contribution < 1.29 is 4.79 Å². The van der Waals surface area contributed by atoms with Gasteiger partial charge in [0.05, 0.1) is 0 Å². The van der Waals surface area contributed by atoms with Gasteiger partial charge in [-0.3, -0.25) is 4.79 Å². The van der Waals surface area contributed by atoms with E-state index in [9.17, 15) is 4.79 Å². The Morgan fingerprint density at radius 2 is 1.48 bits per heavy atom. The average molecular weight is 319 g/mol. The molecule has 0 aliphatic carbocycles. The normalized spacial score (nSPS) is 12.7. The molecule has 130 valence electrons. The van der Waals surface area contributed by atoms with E-state index in [1.807, 2.05) is 39.2 Å². The van der Waals surface area contributed by atoms with Gasteiger partial charge in [-0.15, -0.1) is 0 Å². The van der Waals surface area contributed by atoms with Crippen LogP contribution in [0.3, 0.4) is 0 Å². The predicted octanol–water partition coefficient (Wildman–Crippen LogP) is 2.44. The van der Waals surface area contributed by atoms with E-state index in [4.69, 9.17) is 0 Å². The zero-order valence-electron chi connectivity index (χ0n) is 15.7. The van der Waals surface area contributed by atoms with Crippen LogP contribution in [0, 0.1) is 6.92 Å². The maximum atomic E-state index is 12.8. The van der Waals surface area contributed by atoms with E-state index in [-0.39, 0.29) is 11.8 Å². The molecule has 0 unspecified atom stereocenters. The first-order valence-electron chi connectivity index (χ1n) is 8.44. The Kier molecular flexibility index (Phi) is 8.28. The van der Waals surface area contributed by atoms with Crippen molar-refractivity contribution in [2.75, 3.05) is 54.4 Å². The van der Waals surface area contributed by atoms with Crippen LogP contribution in [0.5, 0.6) is 0 Å². The van der Waals surface area contributed by atoms with E-state index in [0.717, 1.165) is 26.2 Å². The molecule has 1 aromatic carbocycles. The van der Waals surface area contributed by atoms with E-state index < -0.39 is 0 Å². The van der Waals surface area contributed by atoms with Gasteiger partial charge in [0.1, 0.15) is 0 Å². The summed E-state index contributed by atoms with van der Waals surface area (Å²) in [7, 11) is 8.18. The van der Waals surface area contributed by atoms with Crippen LogP contribution in [-0.4, -0.2) is 75.0 Å². The second-order valence-electron chi connectivity index (χ2n) is 6.95. The van der Waals surface area contributed by atoms with Crippen LogP contribution < -0.4 is 0 Å². The summed E-state index contributed by atoms with van der Waals surface area (Å²) in [5, 5.41) is 0. The van der Waals surface area contributed by atoms with Crippen molar-refractivity contribution in [1.82, 2.24) is 14.7 Å². The van der Waals surface area contributed by atoms with Gasteiger partial charge in [0.2, 0.25) is 5.91 Å². The van der Waals surface area contributed by atoms with Gasteiger partial charge in [-0.2, -0.15) is 0 Å². The number of nitrogens with zero attached hydrogens (tertiary/aromatic N) is 3. The Morgan fingerprint density at radius 1 is 0.957 bits per heavy atom. The number of amides is 1. The third-order valence-electron chi connectivity index (χ3n) is 4.19. The summed E-state index contributed by atoms with van der Waals surface area (Å²) < 4.78 is 0. The molecule has 0 radical (unpaired) electrons. The second-order valence-corrected chi connectivity index (χ2v) is 6.95. The highest BCUT2D eigenvalue weighted by molar-refractivity contribution is 5.77. The minimum atomic E-state index is 0.254. The molecule has 0 saturated carbocycles. The summed E-state index contributed by atoms with van der Waals surface area (Å²) in [4.78, 5) is 19.0. The molecule has 0 fully saturated rings. The molecule has 0 N–H and O–H groups in total. The fourth-order valence-electron chi connectivity index (χ4n) is 2.64. The van der Waals surface area contributed by atoms with Crippen LogP contribution in [0.1, 0.15) is 30.4 Å². The van der Waals surface area contributed by atoms with Crippen LogP contribution >= 0.6 is 0 Å². The Bertz CT molecular complexity index is 473. The lowest BCUT2D eigenvalue weighted by molar-refractivity contribution is -0.131. The van der Waals surface area contributed by atoms with E-state index >= 15 is 0 Å². The highest BCUT2D eigenvalue weighted by atomic mass is 16.2. The fourth-order valence-corrected chi connectivity index (χ4v) is 2.64. The molecule has 0 aromatic heterocycles. The molecular weight excluding hydrogens is 286 g/mol. The highest BCUT2D eigenvalue weighted by Crippen LogP contribution is 2.23. The predicted molar refractivity (Wildman–Crippen MR) is 97.9 cm³/mol. The zero-order chi connectivity index (χ0) is 17.4. The standard InChI is InChI=1S/C19H33N3O/c1-16-9-7-8-10-18(16)17(2)15-19(23)22(13-11-20(3)4)14-12-21(5)6/h7-10,17H,11-15H2,1-6H3/t17-/m1/s1. The van der Waals surface area contributed by atoms with Crippen LogP contribution in [0.15, 0.2) is 24.3 Å². The molecule has 1 rings (SSSR count). The first kappa shape index (κ1) is 19.7. The molecule has 0 spiro atoms. The number of aryl methyl sites for hydroxylation is 1. The minimum absolute atomic E-state index is 0.254. The Morgan fingerprint density at radius 3 is 1.96 bits per heavy atom. The molecule has 0 aliphatic rings. The van der Waals surface area contributed by atoms with Crippen LogP contribution in [0.4, 0.5) is 0 Å². The minimum Gasteiger partial charge on any atom is -0.340 e. The lowest BCUT2D eigenvalue weighted by Crippen LogP contribution is -2.40. The molecule has 23 heavy (non-hydrogen) atoms. The van der Waals surface area contributed by atoms with E-state index in [0.29, 0.717) is 6.42 Å². The molecule has 0 aliphatic heterocycles. The maximum Gasteiger partial charge on any atom is 0.223 e. The van der Waals surface area contributed by atoms with Gasteiger partial charge >= 0.3 is 0 Å². The zero-order valence-corrected chi connectivity index (χ0v) is 15.7. The number of hydrogen-bond acceptors (Lipinski definition) is 3. The smallest absolute Gasteiger partial charge is 0.223 e. The fraction of sp³-hybridized carbons (Fsp3) is 0.632. The largest absolute Gasteiger partial charge is 0.340 e. The summed E-state index contributed by atoms with van der Waals surface area (Å²) in [6.45, 7) is 7.65. The number of rotatable bonds is 9. The average Bonchev–Trinajstić information content (AvgIpc) is 2.46. The molecule has 1 atom stereocenters. The Hall–Kier alpha value is -1.39. The van der Waals surface area contributed by atoms with Gasteiger partial charge in [-0.1, -0.05) is 31.2 Å². The SMILES string of the molecule is Cc1ccccc1[C@H](C)CC(=O)N(CCN(C)C)CCN(C)C. The van der Waals surface area contributed by atoms with Crippen LogP contribution in [0.2, 0.25) is 0 Å². The van der Waals surface area contributed by atoms with Crippen molar-refractivity contribution in [3.63, 3.8) is 0 Å². The summed E-state index contributed by atoms with van der Waals surface area (Å²) in [6, 6.07) is 8.36. The molecule has 4 heteroatoms. The summed E-state index contributed by atoms with van der Waals surface area (Å²) in [5.74, 6) is 0.509. The molecule has 0 bridgehead atoms. The molecule has 1 amide bonds. The summed E-state index contributed by atoms with van der Waals surface area (Å²) in [6.07, 6.45) is 0.575. The number of carbonyl (C=O) groups is 1. The highest BCUT2D eigenvalue weighted by Gasteiger charge is 2.18. The molecular formula is C19H33N3O. The molecule has 4 nitrogen and oxygen atoms in total. The second kappa shape index (κ2) is 9.68. The molecule has 0 heterocycles. The van der Waals surface area contributed by atoms with Crippen molar-refractivity contribution in [3.8, 4) is 0 Å². The first-order valence-corrected chi connectivity index (χ1v) is 8.44. The number of benzene rings is 1. The Balaban J connectivity index is 2.69. The van der Waals surface area contributed by atoms with Crippen molar-refractivity contribution in [2.24, 2.45) is 0 Å². The number of carbonyl (C=O) groups excluding carboxylic acids is 1. The summed E-state index contributed by atoms with van der Waals surface area (Å²) in [5.41, 5.74) is 2.54. The monoisotopic (exact) mass is 319 g/mol. The van der Waals surface area contributed by atoms with Gasteiger partial charge < -0.3 is 14.7 Å². The quantitative estimate of drug-likeness (QED) is 0.699. The van der Waals surface area contributed by atoms with Crippen molar-refractivity contribution in [2.45, 2.75) is 26.2 Å². The van der Waals surface area contributed by atoms with Crippen molar-refractivity contribution in [3.05, 3.63) is 35.4 Å². The van der Waals surface area contributed by atoms with E-state index in [1.54, 1.807) is 0 Å². The van der Waals surface area contributed by atoms with Crippen molar-refractivity contribution in [1.29, 1.82) is 0 Å². The molecule has 0 saturated heterocycles. The maximum absolute atomic E-state index is 12.8.